The number of likely N-dealkylation sites (tertiary alicyclic amines) is 1. The molecule has 1 amide bonds. The zero-order valence-corrected chi connectivity index (χ0v) is 14.0. The first-order chi connectivity index (χ1) is 6.95. The van der Waals surface area contributed by atoms with Gasteiger partial charge >= 0.3 is 64.5 Å². The fourth-order valence-corrected chi connectivity index (χ4v) is 1.49. The van der Waals surface area contributed by atoms with Gasteiger partial charge in [-0.15, -0.1) is 0 Å². The van der Waals surface area contributed by atoms with Gasteiger partial charge < -0.3 is 22.6 Å². The molecule has 1 fully saturated rings. The maximum absolute atomic E-state index is 12.5. The number of hydrogen-bond acceptors (Lipinski definition) is 2. The van der Waals surface area contributed by atoms with E-state index < -0.39 is 24.0 Å². The average Bonchev–Trinajstić information content (AvgIpc) is 1.92. The SMILES string of the molecule is CC(C)(C)OC(=O)N1CC(C)([B-](F)(F)F)C1.[K+]. The Bertz CT molecular complexity index is 298. The van der Waals surface area contributed by atoms with Crippen molar-refractivity contribution in [3.63, 3.8) is 0 Å². The van der Waals surface area contributed by atoms with E-state index in [9.17, 15) is 17.7 Å². The molecule has 0 aromatic heterocycles. The third-order valence-corrected chi connectivity index (χ3v) is 2.55. The van der Waals surface area contributed by atoms with Crippen molar-refractivity contribution in [2.45, 2.75) is 38.6 Å². The van der Waals surface area contributed by atoms with Gasteiger partial charge in [-0.25, -0.2) is 4.79 Å². The van der Waals surface area contributed by atoms with E-state index in [-0.39, 0.29) is 64.5 Å². The Morgan fingerprint density at radius 1 is 1.29 bits per heavy atom. The molecule has 17 heavy (non-hydrogen) atoms. The minimum Gasteiger partial charge on any atom is -0.448 e. The quantitative estimate of drug-likeness (QED) is 0.624. The summed E-state index contributed by atoms with van der Waals surface area (Å²) in [6, 6.07) is 0. The third kappa shape index (κ3) is 4.42. The van der Waals surface area contributed by atoms with Crippen LogP contribution in [0.1, 0.15) is 27.7 Å². The Hall–Kier alpha value is 0.761. The van der Waals surface area contributed by atoms with Gasteiger partial charge in [-0.05, 0) is 26.1 Å². The summed E-state index contributed by atoms with van der Waals surface area (Å²) in [5.74, 6) is 0. The van der Waals surface area contributed by atoms with E-state index in [0.717, 1.165) is 11.8 Å². The predicted octanol–water partition coefficient (Wildman–Crippen LogP) is -0.151. The van der Waals surface area contributed by atoms with Crippen LogP contribution >= 0.6 is 0 Å². The Balaban J connectivity index is 0.00000256. The van der Waals surface area contributed by atoms with Gasteiger partial charge in [-0.3, -0.25) is 0 Å². The number of hydrogen-bond donors (Lipinski definition) is 0. The van der Waals surface area contributed by atoms with Crippen LogP contribution in [0.4, 0.5) is 17.7 Å². The van der Waals surface area contributed by atoms with E-state index in [1.165, 1.54) is 0 Å². The minimum atomic E-state index is -4.91. The molecule has 1 heterocycles. The molecule has 94 valence electrons. The molecule has 0 aliphatic carbocycles. The summed E-state index contributed by atoms with van der Waals surface area (Å²) >= 11 is 0. The maximum Gasteiger partial charge on any atom is 1.00 e. The van der Waals surface area contributed by atoms with E-state index in [2.05, 4.69) is 0 Å². The summed E-state index contributed by atoms with van der Waals surface area (Å²) in [7, 11) is 0. The van der Waals surface area contributed by atoms with Crippen molar-refractivity contribution in [1.82, 2.24) is 4.90 Å². The molecule has 0 spiro atoms. The number of carbonyl (C=O) groups is 1. The number of carbonyl (C=O) groups excluding carboxylic acids is 1. The van der Waals surface area contributed by atoms with E-state index in [1.54, 1.807) is 20.8 Å². The second-order valence-corrected chi connectivity index (χ2v) is 5.57. The second-order valence-electron chi connectivity index (χ2n) is 5.57. The molecule has 1 saturated heterocycles. The molecule has 8 heteroatoms. The topological polar surface area (TPSA) is 29.5 Å². The van der Waals surface area contributed by atoms with Crippen LogP contribution in [-0.4, -0.2) is 36.7 Å². The van der Waals surface area contributed by atoms with Crippen LogP contribution < -0.4 is 51.4 Å². The Labute approximate surface area is 142 Å². The normalized spacial score (nSPS) is 19.1. The fraction of sp³-hybridized carbons (Fsp3) is 0.889. The van der Waals surface area contributed by atoms with Crippen molar-refractivity contribution in [1.29, 1.82) is 0 Å². The molecule has 0 bridgehead atoms. The first-order valence-corrected chi connectivity index (χ1v) is 5.12. The predicted molar refractivity (Wildman–Crippen MR) is 55.3 cm³/mol. The number of nitrogens with zero attached hydrogens (tertiary/aromatic N) is 1. The summed E-state index contributed by atoms with van der Waals surface area (Å²) in [6.07, 6.45) is -0.676. The van der Waals surface area contributed by atoms with Crippen LogP contribution in [0.25, 0.3) is 0 Å². The fourth-order valence-electron chi connectivity index (χ4n) is 1.49. The van der Waals surface area contributed by atoms with Crippen molar-refractivity contribution in [3.05, 3.63) is 0 Å². The summed E-state index contributed by atoms with van der Waals surface area (Å²) < 4.78 is 42.6. The molecular weight excluding hydrogens is 261 g/mol. The maximum atomic E-state index is 12.5. The van der Waals surface area contributed by atoms with Crippen LogP contribution in [-0.2, 0) is 4.74 Å². The molecule has 1 aliphatic heterocycles. The molecule has 0 N–H and O–H groups in total. The van der Waals surface area contributed by atoms with Crippen molar-refractivity contribution < 1.29 is 73.9 Å². The number of ether oxygens (including phenoxy) is 1. The minimum absolute atomic E-state index is 0. The number of amides is 1. The zero-order chi connectivity index (χ0) is 12.8. The van der Waals surface area contributed by atoms with Crippen LogP contribution in [0.3, 0.4) is 0 Å². The Morgan fingerprint density at radius 3 is 2.00 bits per heavy atom. The molecule has 0 unspecified atom stereocenters. The average molecular weight is 277 g/mol. The van der Waals surface area contributed by atoms with Crippen LogP contribution in [0.5, 0.6) is 0 Å². The first-order valence-electron chi connectivity index (χ1n) is 5.12. The Morgan fingerprint density at radius 2 is 1.71 bits per heavy atom. The van der Waals surface area contributed by atoms with Crippen LogP contribution in [0.2, 0.25) is 5.31 Å². The standard InChI is InChI=1S/C9H16BF3NO2.K/c1-8(2,3)16-7(15)14-5-9(4,6-14)10(11,12)13;/h5-6H2,1-4H3;/q-1;+1. The van der Waals surface area contributed by atoms with Gasteiger partial charge in [0.1, 0.15) is 5.60 Å². The summed E-state index contributed by atoms with van der Waals surface area (Å²) in [5.41, 5.74) is -0.674. The van der Waals surface area contributed by atoms with E-state index in [0.29, 0.717) is 0 Å². The molecule has 0 saturated carbocycles. The molecule has 1 aliphatic rings. The third-order valence-electron chi connectivity index (χ3n) is 2.55. The molecule has 0 aromatic rings. The molecule has 0 atom stereocenters. The van der Waals surface area contributed by atoms with Crippen LogP contribution in [0, 0.1) is 0 Å². The smallest absolute Gasteiger partial charge is 0.448 e. The molecule has 3 nitrogen and oxygen atoms in total. The molecule has 0 aromatic carbocycles. The van der Waals surface area contributed by atoms with Gasteiger partial charge in [-0.2, -0.15) is 0 Å². The van der Waals surface area contributed by atoms with E-state index in [1.807, 2.05) is 0 Å². The summed E-state index contributed by atoms with van der Waals surface area (Å²) in [5, 5.41) is -1.73. The summed E-state index contributed by atoms with van der Waals surface area (Å²) in [6.45, 7) is 0.655. The van der Waals surface area contributed by atoms with Crippen LogP contribution in [0.15, 0.2) is 0 Å². The first kappa shape index (κ1) is 17.8. The molecule has 0 radical (unpaired) electrons. The van der Waals surface area contributed by atoms with Gasteiger partial charge in [0.25, 0.3) is 0 Å². The molecular formula is C9H16BF3KNO2. The van der Waals surface area contributed by atoms with Gasteiger partial charge in [0.2, 0.25) is 0 Å². The molecule has 1 rings (SSSR count). The number of halogens is 3. The zero-order valence-electron chi connectivity index (χ0n) is 10.9. The van der Waals surface area contributed by atoms with Crippen molar-refractivity contribution in [2.24, 2.45) is 0 Å². The van der Waals surface area contributed by atoms with Crippen molar-refractivity contribution in [3.8, 4) is 0 Å². The van der Waals surface area contributed by atoms with E-state index in [4.69, 9.17) is 4.74 Å². The van der Waals surface area contributed by atoms with Gasteiger partial charge in [0.05, 0.1) is 0 Å². The number of rotatable bonds is 1. The van der Waals surface area contributed by atoms with Gasteiger partial charge in [-0.1, -0.05) is 6.92 Å². The largest absolute Gasteiger partial charge is 1.00 e. The summed E-state index contributed by atoms with van der Waals surface area (Å²) in [4.78, 5) is 12.5. The van der Waals surface area contributed by atoms with E-state index >= 15 is 0 Å². The second kappa shape index (κ2) is 5.40. The monoisotopic (exact) mass is 277 g/mol. The van der Waals surface area contributed by atoms with Crippen molar-refractivity contribution in [2.75, 3.05) is 13.1 Å². The van der Waals surface area contributed by atoms with Gasteiger partial charge in [0, 0.05) is 13.1 Å². The Kier molecular flexibility index (Phi) is 5.64. The van der Waals surface area contributed by atoms with Crippen molar-refractivity contribution >= 4 is 13.1 Å². The van der Waals surface area contributed by atoms with Gasteiger partial charge in [0.15, 0.2) is 0 Å².